The van der Waals surface area contributed by atoms with Crippen molar-refractivity contribution in [1.82, 2.24) is 5.43 Å². The minimum absolute atomic E-state index is 0.200. The summed E-state index contributed by atoms with van der Waals surface area (Å²) in [5, 5.41) is 2.12. The van der Waals surface area contributed by atoms with E-state index in [2.05, 4.69) is 55.8 Å². The molecule has 3 N–H and O–H groups in total. The molecule has 18 heavy (non-hydrogen) atoms. The first-order chi connectivity index (χ1) is 8.60. The topological polar surface area (TPSA) is 38.0 Å². The third-order valence-corrected chi connectivity index (χ3v) is 4.27. The van der Waals surface area contributed by atoms with Crippen LogP contribution in [0, 0.1) is 20.8 Å². The highest BCUT2D eigenvalue weighted by Gasteiger charge is 2.14. The van der Waals surface area contributed by atoms with Gasteiger partial charge in [-0.3, -0.25) is 11.3 Å². The molecule has 1 unspecified atom stereocenters. The van der Waals surface area contributed by atoms with Crippen LogP contribution in [0.3, 0.4) is 0 Å². The van der Waals surface area contributed by atoms with Gasteiger partial charge in [0.2, 0.25) is 0 Å². The van der Waals surface area contributed by atoms with E-state index in [0.29, 0.717) is 0 Å². The Morgan fingerprint density at radius 3 is 2.33 bits per heavy atom. The van der Waals surface area contributed by atoms with Crippen molar-refractivity contribution in [2.45, 2.75) is 33.2 Å². The van der Waals surface area contributed by atoms with Crippen molar-refractivity contribution < 1.29 is 0 Å². The van der Waals surface area contributed by atoms with Crippen LogP contribution in [0.5, 0.6) is 0 Å². The number of benzene rings is 1. The number of thiophene rings is 1. The molecule has 3 heteroatoms. The van der Waals surface area contributed by atoms with Gasteiger partial charge in [-0.1, -0.05) is 29.3 Å². The third-order valence-electron chi connectivity index (χ3n) is 3.14. The first-order valence-corrected chi connectivity index (χ1v) is 7.05. The van der Waals surface area contributed by atoms with Crippen LogP contribution in [0.4, 0.5) is 0 Å². The number of hydrogen-bond acceptors (Lipinski definition) is 3. The van der Waals surface area contributed by atoms with Crippen molar-refractivity contribution in [3.05, 3.63) is 56.8 Å². The fourth-order valence-corrected chi connectivity index (χ4v) is 3.38. The molecular formula is C15H20N2S. The number of rotatable bonds is 4. The maximum absolute atomic E-state index is 5.71. The van der Waals surface area contributed by atoms with Crippen LogP contribution in [-0.4, -0.2) is 0 Å². The van der Waals surface area contributed by atoms with E-state index in [1.54, 1.807) is 11.3 Å². The Morgan fingerprint density at radius 2 is 1.83 bits per heavy atom. The van der Waals surface area contributed by atoms with Crippen LogP contribution in [0.25, 0.3) is 0 Å². The summed E-state index contributed by atoms with van der Waals surface area (Å²) in [6.07, 6.45) is 0.931. The molecule has 0 aliphatic carbocycles. The van der Waals surface area contributed by atoms with E-state index in [1.807, 2.05) is 0 Å². The van der Waals surface area contributed by atoms with E-state index in [4.69, 9.17) is 5.84 Å². The van der Waals surface area contributed by atoms with E-state index < -0.39 is 0 Å². The van der Waals surface area contributed by atoms with Gasteiger partial charge in [0.1, 0.15) is 0 Å². The lowest BCUT2D eigenvalue weighted by molar-refractivity contribution is 0.558. The molecule has 0 spiro atoms. The van der Waals surface area contributed by atoms with E-state index >= 15 is 0 Å². The SMILES string of the molecule is Cc1cc(C)cc(CC(NN)c2sccc2C)c1. The largest absolute Gasteiger partial charge is 0.271 e. The van der Waals surface area contributed by atoms with Gasteiger partial charge < -0.3 is 0 Å². The molecule has 96 valence electrons. The number of hydrogen-bond donors (Lipinski definition) is 2. The minimum atomic E-state index is 0.200. The molecule has 2 rings (SSSR count). The lowest BCUT2D eigenvalue weighted by Crippen LogP contribution is -2.29. The standard InChI is InChI=1S/C15H20N2S/c1-10-6-11(2)8-13(7-10)9-14(17-16)15-12(3)4-5-18-15/h4-8,14,17H,9,16H2,1-3H3. The smallest absolute Gasteiger partial charge is 0.0596 e. The monoisotopic (exact) mass is 260 g/mol. The summed E-state index contributed by atoms with van der Waals surface area (Å²) in [6.45, 7) is 6.41. The lowest BCUT2D eigenvalue weighted by atomic mass is 9.99. The van der Waals surface area contributed by atoms with Crippen LogP contribution in [0.2, 0.25) is 0 Å². The molecule has 1 atom stereocenters. The molecule has 0 saturated heterocycles. The average molecular weight is 260 g/mol. The molecule has 0 radical (unpaired) electrons. The molecule has 0 amide bonds. The van der Waals surface area contributed by atoms with E-state index in [0.717, 1.165) is 6.42 Å². The lowest BCUT2D eigenvalue weighted by Gasteiger charge is -2.16. The van der Waals surface area contributed by atoms with Crippen molar-refractivity contribution in [3.63, 3.8) is 0 Å². The van der Waals surface area contributed by atoms with Crippen molar-refractivity contribution in [1.29, 1.82) is 0 Å². The van der Waals surface area contributed by atoms with E-state index in [1.165, 1.54) is 27.1 Å². The second kappa shape index (κ2) is 5.65. The summed E-state index contributed by atoms with van der Waals surface area (Å²) in [5.41, 5.74) is 8.21. The quantitative estimate of drug-likeness (QED) is 0.653. The second-order valence-electron chi connectivity index (χ2n) is 4.89. The van der Waals surface area contributed by atoms with Gasteiger partial charge in [-0.15, -0.1) is 11.3 Å². The van der Waals surface area contributed by atoms with Gasteiger partial charge in [-0.05, 0) is 49.8 Å². The first kappa shape index (κ1) is 13.3. The zero-order valence-corrected chi connectivity index (χ0v) is 12.0. The predicted octanol–water partition coefficient (Wildman–Crippen LogP) is 3.42. The van der Waals surface area contributed by atoms with Crippen LogP contribution in [0.1, 0.15) is 33.2 Å². The van der Waals surface area contributed by atoms with Crippen LogP contribution < -0.4 is 11.3 Å². The van der Waals surface area contributed by atoms with Crippen LogP contribution >= 0.6 is 11.3 Å². The second-order valence-corrected chi connectivity index (χ2v) is 5.83. The van der Waals surface area contributed by atoms with Gasteiger partial charge in [0, 0.05) is 4.88 Å². The molecule has 2 nitrogen and oxygen atoms in total. The third kappa shape index (κ3) is 2.99. The van der Waals surface area contributed by atoms with E-state index in [-0.39, 0.29) is 6.04 Å². The molecule has 0 aliphatic heterocycles. The highest BCUT2D eigenvalue weighted by molar-refractivity contribution is 7.10. The first-order valence-electron chi connectivity index (χ1n) is 6.17. The Balaban J connectivity index is 2.23. The van der Waals surface area contributed by atoms with Crippen molar-refractivity contribution >= 4 is 11.3 Å². The van der Waals surface area contributed by atoms with Gasteiger partial charge >= 0.3 is 0 Å². The zero-order chi connectivity index (χ0) is 13.1. The molecule has 1 heterocycles. The molecule has 1 aromatic heterocycles. The Morgan fingerprint density at radius 1 is 1.17 bits per heavy atom. The fourth-order valence-electron chi connectivity index (χ4n) is 2.39. The molecule has 1 aromatic carbocycles. The maximum Gasteiger partial charge on any atom is 0.0596 e. The average Bonchev–Trinajstić information content (AvgIpc) is 2.71. The molecule has 2 aromatic rings. The highest BCUT2D eigenvalue weighted by Crippen LogP contribution is 2.26. The highest BCUT2D eigenvalue weighted by atomic mass is 32.1. The summed E-state index contributed by atoms with van der Waals surface area (Å²) >= 11 is 1.77. The molecule has 0 saturated carbocycles. The van der Waals surface area contributed by atoms with Gasteiger partial charge in [0.15, 0.2) is 0 Å². The maximum atomic E-state index is 5.71. The molecule has 0 fully saturated rings. The summed E-state index contributed by atoms with van der Waals surface area (Å²) in [6, 6.07) is 9.02. The van der Waals surface area contributed by atoms with E-state index in [9.17, 15) is 0 Å². The molecule has 0 aliphatic rings. The number of aryl methyl sites for hydroxylation is 3. The van der Waals surface area contributed by atoms with Crippen molar-refractivity contribution in [2.75, 3.05) is 0 Å². The van der Waals surface area contributed by atoms with Crippen molar-refractivity contribution in [2.24, 2.45) is 5.84 Å². The van der Waals surface area contributed by atoms with Crippen LogP contribution in [-0.2, 0) is 6.42 Å². The number of hydrazine groups is 1. The van der Waals surface area contributed by atoms with Gasteiger partial charge in [0.25, 0.3) is 0 Å². The Hall–Kier alpha value is -1.16. The molecular weight excluding hydrogens is 240 g/mol. The predicted molar refractivity (Wildman–Crippen MR) is 78.7 cm³/mol. The fraction of sp³-hybridized carbons (Fsp3) is 0.333. The Labute approximate surface area is 113 Å². The summed E-state index contributed by atoms with van der Waals surface area (Å²) < 4.78 is 0. The zero-order valence-electron chi connectivity index (χ0n) is 11.2. The summed E-state index contributed by atoms with van der Waals surface area (Å²) in [7, 11) is 0. The Kier molecular flexibility index (Phi) is 4.17. The summed E-state index contributed by atoms with van der Waals surface area (Å²) in [5.74, 6) is 5.71. The number of nitrogens with one attached hydrogen (secondary N) is 1. The minimum Gasteiger partial charge on any atom is -0.271 e. The number of nitrogens with two attached hydrogens (primary N) is 1. The van der Waals surface area contributed by atoms with Crippen molar-refractivity contribution in [3.8, 4) is 0 Å². The van der Waals surface area contributed by atoms with Gasteiger partial charge in [-0.25, -0.2) is 0 Å². The van der Waals surface area contributed by atoms with Crippen LogP contribution in [0.15, 0.2) is 29.6 Å². The Bertz CT molecular complexity index is 511. The normalized spacial score (nSPS) is 12.7. The summed E-state index contributed by atoms with van der Waals surface area (Å²) in [4.78, 5) is 1.33. The van der Waals surface area contributed by atoms with Gasteiger partial charge in [0.05, 0.1) is 6.04 Å². The van der Waals surface area contributed by atoms with Gasteiger partial charge in [-0.2, -0.15) is 0 Å². The molecule has 0 bridgehead atoms.